The highest BCUT2D eigenvalue weighted by Crippen LogP contribution is 2.18. The zero-order chi connectivity index (χ0) is 22.8. The highest BCUT2D eigenvalue weighted by Gasteiger charge is 2.28. The molecule has 0 unspecified atom stereocenters. The first-order chi connectivity index (χ1) is 15.6. The van der Waals surface area contributed by atoms with Crippen LogP contribution < -0.4 is 10.1 Å². The topological polar surface area (TPSA) is 58.6 Å². The fraction of sp³-hybridized carbons (Fsp3) is 0.481. The molecule has 0 radical (unpaired) electrons. The average molecular weight is 437 g/mol. The number of amides is 2. The number of carbonyl (C=O) groups excluding carboxylic acids is 2. The van der Waals surface area contributed by atoms with Crippen molar-refractivity contribution in [2.45, 2.75) is 70.9 Å². The van der Waals surface area contributed by atoms with Crippen LogP contribution in [0.15, 0.2) is 54.6 Å². The van der Waals surface area contributed by atoms with Gasteiger partial charge in [0.15, 0.2) is 6.61 Å². The zero-order valence-corrected chi connectivity index (χ0v) is 19.4. The fourth-order valence-electron chi connectivity index (χ4n) is 4.19. The van der Waals surface area contributed by atoms with Crippen molar-refractivity contribution in [2.24, 2.45) is 0 Å². The average Bonchev–Trinajstić information content (AvgIpc) is 2.84. The van der Waals surface area contributed by atoms with Crippen LogP contribution in [-0.2, 0) is 22.4 Å². The van der Waals surface area contributed by atoms with Crippen LogP contribution in [0.4, 0.5) is 0 Å². The van der Waals surface area contributed by atoms with Crippen molar-refractivity contribution in [3.63, 3.8) is 0 Å². The number of aryl methyl sites for hydroxylation is 1. The molecule has 2 amide bonds. The molecule has 1 atom stereocenters. The van der Waals surface area contributed by atoms with Crippen LogP contribution >= 0.6 is 0 Å². The summed E-state index contributed by atoms with van der Waals surface area (Å²) in [6.45, 7) is 4.31. The Labute approximate surface area is 192 Å². The molecule has 0 bridgehead atoms. The van der Waals surface area contributed by atoms with Gasteiger partial charge in [0, 0.05) is 12.6 Å². The lowest BCUT2D eigenvalue weighted by atomic mass is 9.95. The van der Waals surface area contributed by atoms with Crippen LogP contribution in [0.25, 0.3) is 0 Å². The maximum Gasteiger partial charge on any atom is 0.261 e. The summed E-state index contributed by atoms with van der Waals surface area (Å²) < 4.78 is 5.76. The third-order valence-electron chi connectivity index (χ3n) is 6.30. The summed E-state index contributed by atoms with van der Waals surface area (Å²) in [6.07, 6.45) is 7.24. The van der Waals surface area contributed by atoms with Gasteiger partial charge in [0.25, 0.3) is 5.91 Å². The van der Waals surface area contributed by atoms with E-state index < -0.39 is 6.04 Å². The first kappa shape index (κ1) is 23.8. The largest absolute Gasteiger partial charge is 0.484 e. The van der Waals surface area contributed by atoms with E-state index in [9.17, 15) is 9.59 Å². The summed E-state index contributed by atoms with van der Waals surface area (Å²) in [5.41, 5.74) is 2.36. The second-order valence-corrected chi connectivity index (χ2v) is 8.63. The van der Waals surface area contributed by atoms with Gasteiger partial charge in [-0.3, -0.25) is 9.59 Å². The summed E-state index contributed by atoms with van der Waals surface area (Å²) in [7, 11) is 0. The van der Waals surface area contributed by atoms with Crippen molar-refractivity contribution in [3.8, 4) is 5.75 Å². The van der Waals surface area contributed by atoms with Gasteiger partial charge in [-0.25, -0.2) is 0 Å². The minimum absolute atomic E-state index is 0.0781. The second-order valence-electron chi connectivity index (χ2n) is 8.63. The summed E-state index contributed by atoms with van der Waals surface area (Å²) in [4.78, 5) is 27.7. The van der Waals surface area contributed by atoms with Crippen molar-refractivity contribution in [2.75, 3.05) is 13.2 Å². The smallest absolute Gasteiger partial charge is 0.261 e. The molecule has 2 aromatic rings. The van der Waals surface area contributed by atoms with E-state index in [0.717, 1.165) is 37.7 Å². The molecule has 1 fully saturated rings. The Morgan fingerprint density at radius 1 is 1.00 bits per heavy atom. The third kappa shape index (κ3) is 7.11. The number of hydrogen-bond acceptors (Lipinski definition) is 3. The van der Waals surface area contributed by atoms with E-state index in [1.54, 1.807) is 4.90 Å². The molecule has 0 heterocycles. The normalized spacial score (nSPS) is 15.1. The minimum atomic E-state index is -0.542. The van der Waals surface area contributed by atoms with Gasteiger partial charge in [-0.05, 0) is 55.9 Å². The van der Waals surface area contributed by atoms with Crippen LogP contribution in [0.3, 0.4) is 0 Å². The van der Waals surface area contributed by atoms with E-state index >= 15 is 0 Å². The molecule has 5 nitrogen and oxygen atoms in total. The molecule has 0 saturated heterocycles. The summed E-state index contributed by atoms with van der Waals surface area (Å²) in [5, 5.41) is 3.16. The summed E-state index contributed by atoms with van der Waals surface area (Å²) >= 11 is 0. The molecule has 1 saturated carbocycles. The molecule has 0 spiro atoms. The molecule has 2 aromatic carbocycles. The lowest BCUT2D eigenvalue weighted by Gasteiger charge is -2.31. The van der Waals surface area contributed by atoms with Gasteiger partial charge in [-0.15, -0.1) is 0 Å². The highest BCUT2D eigenvalue weighted by molar-refractivity contribution is 5.88. The van der Waals surface area contributed by atoms with Crippen molar-refractivity contribution in [3.05, 3.63) is 65.7 Å². The van der Waals surface area contributed by atoms with Crippen LogP contribution in [0, 0.1) is 0 Å². The molecule has 0 aliphatic heterocycles. The summed E-state index contributed by atoms with van der Waals surface area (Å²) in [6, 6.07) is 17.5. The van der Waals surface area contributed by atoms with Gasteiger partial charge >= 0.3 is 0 Å². The molecule has 32 heavy (non-hydrogen) atoms. The monoisotopic (exact) mass is 436 g/mol. The molecule has 3 rings (SSSR count). The van der Waals surface area contributed by atoms with Crippen molar-refractivity contribution < 1.29 is 14.3 Å². The molecule has 172 valence electrons. The Kier molecular flexibility index (Phi) is 9.14. The van der Waals surface area contributed by atoms with Gasteiger partial charge in [0.05, 0.1) is 0 Å². The SMILES string of the molecule is CCc1ccc(OCC(=O)N(CCc2ccccc2)[C@@H](C)C(=O)NC2CCCCC2)cc1. The molecule has 0 aromatic heterocycles. The lowest BCUT2D eigenvalue weighted by Crippen LogP contribution is -2.52. The van der Waals surface area contributed by atoms with Crippen LogP contribution in [0.1, 0.15) is 57.1 Å². The molecule has 1 aliphatic rings. The number of rotatable bonds is 10. The van der Waals surface area contributed by atoms with Crippen LogP contribution in [-0.4, -0.2) is 41.9 Å². The number of ether oxygens (including phenoxy) is 1. The van der Waals surface area contributed by atoms with Crippen molar-refractivity contribution in [1.82, 2.24) is 10.2 Å². The summed E-state index contributed by atoms with van der Waals surface area (Å²) in [5.74, 6) is 0.412. The van der Waals surface area contributed by atoms with Gasteiger partial charge in [0.2, 0.25) is 5.91 Å². The molecular formula is C27H36N2O3. The Morgan fingerprint density at radius 3 is 2.34 bits per heavy atom. The van der Waals surface area contributed by atoms with E-state index in [4.69, 9.17) is 4.74 Å². The Hall–Kier alpha value is -2.82. The molecular weight excluding hydrogens is 400 g/mol. The maximum atomic E-state index is 13.1. The van der Waals surface area contributed by atoms with Gasteiger partial charge < -0.3 is 15.0 Å². The van der Waals surface area contributed by atoms with Gasteiger partial charge in [-0.1, -0.05) is 68.7 Å². The molecule has 1 N–H and O–H groups in total. The number of nitrogens with zero attached hydrogens (tertiary/aromatic N) is 1. The van der Waals surface area contributed by atoms with E-state index in [1.807, 2.05) is 61.5 Å². The standard InChI is InChI=1S/C27H36N2O3/c1-3-22-14-16-25(17-15-22)32-20-26(30)29(19-18-23-10-6-4-7-11-23)21(2)27(31)28-24-12-8-5-9-13-24/h4,6-7,10-11,14-17,21,24H,3,5,8-9,12-13,18-20H2,1-2H3,(H,28,31)/t21-/m0/s1. The minimum Gasteiger partial charge on any atom is -0.484 e. The van der Waals surface area contributed by atoms with Crippen LogP contribution in [0.5, 0.6) is 5.75 Å². The van der Waals surface area contributed by atoms with Gasteiger partial charge in [-0.2, -0.15) is 0 Å². The quantitative estimate of drug-likeness (QED) is 0.595. The molecule has 1 aliphatic carbocycles. The number of hydrogen-bond donors (Lipinski definition) is 1. The van der Waals surface area contributed by atoms with E-state index in [2.05, 4.69) is 12.2 Å². The predicted molar refractivity (Wildman–Crippen MR) is 128 cm³/mol. The second kappa shape index (κ2) is 12.3. The molecule has 5 heteroatoms. The predicted octanol–water partition coefficient (Wildman–Crippen LogP) is 4.54. The number of benzene rings is 2. The Bertz CT molecular complexity index is 845. The maximum absolute atomic E-state index is 13.1. The van der Waals surface area contributed by atoms with E-state index in [1.165, 1.54) is 12.0 Å². The Morgan fingerprint density at radius 2 is 1.69 bits per heavy atom. The first-order valence-electron chi connectivity index (χ1n) is 11.9. The fourth-order valence-corrected chi connectivity index (χ4v) is 4.19. The number of carbonyl (C=O) groups is 2. The Balaban J connectivity index is 1.63. The lowest BCUT2D eigenvalue weighted by molar-refractivity contribution is -0.141. The zero-order valence-electron chi connectivity index (χ0n) is 19.4. The third-order valence-corrected chi connectivity index (χ3v) is 6.30. The first-order valence-corrected chi connectivity index (χ1v) is 11.9. The van der Waals surface area contributed by atoms with Crippen LogP contribution in [0.2, 0.25) is 0 Å². The van der Waals surface area contributed by atoms with Crippen molar-refractivity contribution >= 4 is 11.8 Å². The highest BCUT2D eigenvalue weighted by atomic mass is 16.5. The van der Waals surface area contributed by atoms with E-state index in [-0.39, 0.29) is 24.5 Å². The van der Waals surface area contributed by atoms with Crippen molar-refractivity contribution in [1.29, 1.82) is 0 Å². The van der Waals surface area contributed by atoms with Gasteiger partial charge in [0.1, 0.15) is 11.8 Å². The van der Waals surface area contributed by atoms with E-state index in [0.29, 0.717) is 18.7 Å². The number of nitrogens with one attached hydrogen (secondary N) is 1.